The molecular weight excluding hydrogens is 370 g/mol. The maximum atomic E-state index is 10.1. The Kier molecular flexibility index (Phi) is 5.19. The van der Waals surface area contributed by atoms with Crippen LogP contribution < -0.4 is 15.2 Å². The fraction of sp³-hybridized carbons (Fsp3) is 0.429. The average Bonchev–Trinajstić information content (AvgIpc) is 3.10. The van der Waals surface area contributed by atoms with Crippen LogP contribution in [0.2, 0.25) is 0 Å². The number of likely N-dealkylation sites (tertiary alicyclic amines) is 1. The fourth-order valence-electron chi connectivity index (χ4n) is 4.08. The molecule has 1 atom stereocenters. The number of anilines is 1. The number of nitrogen functional groups attached to an aromatic ring is 1. The third-order valence-corrected chi connectivity index (χ3v) is 5.47. The van der Waals surface area contributed by atoms with Crippen LogP contribution in [0, 0.1) is 6.92 Å². The number of rotatable bonds is 5. The van der Waals surface area contributed by atoms with Gasteiger partial charge in [-0.2, -0.15) is 9.61 Å². The zero-order chi connectivity index (χ0) is 20.5. The van der Waals surface area contributed by atoms with Gasteiger partial charge in [-0.15, -0.1) is 0 Å². The van der Waals surface area contributed by atoms with E-state index < -0.39 is 0 Å². The van der Waals surface area contributed by atoms with E-state index in [4.69, 9.17) is 20.2 Å². The molecule has 0 aliphatic carbocycles. The summed E-state index contributed by atoms with van der Waals surface area (Å²) in [5.74, 6) is 1.79. The summed E-state index contributed by atoms with van der Waals surface area (Å²) in [5, 5.41) is 14.5. The Labute approximate surface area is 169 Å². The molecule has 29 heavy (non-hydrogen) atoms. The number of phenolic OH excluding ortho intramolecular Hbond substituents is 1. The Morgan fingerprint density at radius 3 is 2.59 bits per heavy atom. The molecule has 1 fully saturated rings. The van der Waals surface area contributed by atoms with Gasteiger partial charge in [-0.3, -0.25) is 4.90 Å². The largest absolute Gasteiger partial charge is 0.502 e. The van der Waals surface area contributed by atoms with Crippen LogP contribution in [-0.2, 0) is 6.54 Å². The number of nitrogens with zero attached hydrogens (tertiary/aromatic N) is 4. The molecule has 0 saturated carbocycles. The SMILES string of the molecule is COc1cc(CN2CCCC(c3cc(N)n4nc(C)cc4n3)C2)cc(OC)c1O. The highest BCUT2D eigenvalue weighted by atomic mass is 16.5. The summed E-state index contributed by atoms with van der Waals surface area (Å²) >= 11 is 0. The van der Waals surface area contributed by atoms with Crippen molar-refractivity contribution in [1.82, 2.24) is 19.5 Å². The standard InChI is InChI=1S/C21H27N5O3/c1-13-7-20-23-16(10-19(22)26(20)24-13)15-5-4-6-25(12-15)11-14-8-17(28-2)21(27)18(9-14)29-3/h7-10,15,27H,4-6,11-12,22H2,1-3H3. The highest BCUT2D eigenvalue weighted by Crippen LogP contribution is 2.38. The number of hydrogen-bond donors (Lipinski definition) is 2. The van der Waals surface area contributed by atoms with Crippen LogP contribution in [0.25, 0.3) is 5.65 Å². The molecule has 8 heteroatoms. The van der Waals surface area contributed by atoms with Crippen LogP contribution in [-0.4, -0.2) is 51.9 Å². The van der Waals surface area contributed by atoms with Crippen LogP contribution in [0.1, 0.15) is 35.7 Å². The molecule has 1 aromatic carbocycles. The highest BCUT2D eigenvalue weighted by Gasteiger charge is 2.24. The van der Waals surface area contributed by atoms with Crippen molar-refractivity contribution < 1.29 is 14.6 Å². The summed E-state index contributed by atoms with van der Waals surface area (Å²) in [5.41, 5.74) is 9.96. The van der Waals surface area contributed by atoms with Gasteiger partial charge in [0.15, 0.2) is 17.1 Å². The Balaban J connectivity index is 1.55. The first-order valence-electron chi connectivity index (χ1n) is 9.77. The number of aromatic nitrogens is 3. The van der Waals surface area contributed by atoms with Gasteiger partial charge in [0.05, 0.1) is 25.6 Å². The molecule has 2 aromatic heterocycles. The van der Waals surface area contributed by atoms with Gasteiger partial charge < -0.3 is 20.3 Å². The third kappa shape index (κ3) is 3.80. The number of methoxy groups -OCH3 is 2. The molecule has 8 nitrogen and oxygen atoms in total. The quantitative estimate of drug-likeness (QED) is 0.683. The molecule has 0 amide bonds. The summed E-state index contributed by atoms with van der Waals surface area (Å²) in [6, 6.07) is 7.62. The maximum Gasteiger partial charge on any atom is 0.200 e. The number of nitrogens with two attached hydrogens (primary N) is 1. The second-order valence-electron chi connectivity index (χ2n) is 7.58. The van der Waals surface area contributed by atoms with E-state index in [0.29, 0.717) is 23.2 Å². The zero-order valence-corrected chi connectivity index (χ0v) is 17.1. The smallest absolute Gasteiger partial charge is 0.200 e. The zero-order valence-electron chi connectivity index (χ0n) is 17.1. The van der Waals surface area contributed by atoms with E-state index in [-0.39, 0.29) is 5.75 Å². The minimum atomic E-state index is 0.0272. The van der Waals surface area contributed by atoms with Crippen LogP contribution in [0.15, 0.2) is 24.3 Å². The minimum absolute atomic E-state index is 0.0272. The van der Waals surface area contributed by atoms with Crippen molar-refractivity contribution in [2.45, 2.75) is 32.2 Å². The lowest BCUT2D eigenvalue weighted by atomic mass is 9.94. The Morgan fingerprint density at radius 2 is 1.90 bits per heavy atom. The van der Waals surface area contributed by atoms with Crippen molar-refractivity contribution >= 4 is 11.5 Å². The van der Waals surface area contributed by atoms with Gasteiger partial charge in [0.1, 0.15) is 5.82 Å². The van der Waals surface area contributed by atoms with Crippen LogP contribution in [0.3, 0.4) is 0 Å². The molecule has 3 heterocycles. The van der Waals surface area contributed by atoms with Crippen LogP contribution >= 0.6 is 0 Å². The lowest BCUT2D eigenvalue weighted by molar-refractivity contribution is 0.198. The first kappa shape index (κ1) is 19.3. The fourth-order valence-corrected chi connectivity index (χ4v) is 4.08. The van der Waals surface area contributed by atoms with Gasteiger partial charge in [-0.25, -0.2) is 4.98 Å². The van der Waals surface area contributed by atoms with Crippen molar-refractivity contribution in [3.63, 3.8) is 0 Å². The van der Waals surface area contributed by atoms with Crippen LogP contribution in [0.5, 0.6) is 17.2 Å². The number of benzene rings is 1. The predicted octanol–water partition coefficient (Wildman–Crippen LogP) is 2.72. The van der Waals surface area contributed by atoms with Crippen molar-refractivity contribution in [2.24, 2.45) is 0 Å². The molecule has 1 saturated heterocycles. The summed E-state index contributed by atoms with van der Waals surface area (Å²) in [7, 11) is 3.08. The van der Waals surface area contributed by atoms with Crippen LogP contribution in [0.4, 0.5) is 5.82 Å². The minimum Gasteiger partial charge on any atom is -0.502 e. The number of fused-ring (bicyclic) bond motifs is 1. The summed E-state index contributed by atoms with van der Waals surface area (Å²) < 4.78 is 12.3. The highest BCUT2D eigenvalue weighted by molar-refractivity contribution is 5.53. The topological polar surface area (TPSA) is 98.1 Å². The third-order valence-electron chi connectivity index (χ3n) is 5.47. The first-order chi connectivity index (χ1) is 14.0. The number of ether oxygens (including phenoxy) is 2. The second kappa shape index (κ2) is 7.79. The Hall–Kier alpha value is -3.00. The van der Waals surface area contributed by atoms with Gasteiger partial charge in [-0.1, -0.05) is 0 Å². The number of piperidine rings is 1. The number of phenols is 1. The normalized spacial score (nSPS) is 17.6. The number of aryl methyl sites for hydroxylation is 1. The van der Waals surface area contributed by atoms with Crippen molar-refractivity contribution in [2.75, 3.05) is 33.0 Å². The van der Waals surface area contributed by atoms with E-state index in [1.165, 1.54) is 0 Å². The second-order valence-corrected chi connectivity index (χ2v) is 7.58. The summed E-state index contributed by atoms with van der Waals surface area (Å²) in [6.45, 7) is 4.58. The van der Waals surface area contributed by atoms with Gasteiger partial charge >= 0.3 is 0 Å². The predicted molar refractivity (Wildman–Crippen MR) is 111 cm³/mol. The van der Waals surface area contributed by atoms with E-state index in [1.54, 1.807) is 18.7 Å². The average molecular weight is 397 g/mol. The van der Waals surface area contributed by atoms with E-state index in [1.807, 2.05) is 31.2 Å². The lowest BCUT2D eigenvalue weighted by Crippen LogP contribution is -2.34. The molecule has 4 rings (SSSR count). The molecule has 1 aliphatic rings. The first-order valence-corrected chi connectivity index (χ1v) is 9.77. The maximum absolute atomic E-state index is 10.1. The molecule has 1 aliphatic heterocycles. The number of aromatic hydroxyl groups is 1. The Bertz CT molecular complexity index is 1010. The van der Waals surface area contributed by atoms with Gasteiger partial charge in [0.2, 0.25) is 5.75 Å². The molecule has 154 valence electrons. The van der Waals surface area contributed by atoms with E-state index in [9.17, 15) is 5.11 Å². The van der Waals surface area contributed by atoms with E-state index in [2.05, 4.69) is 10.00 Å². The van der Waals surface area contributed by atoms with Crippen molar-refractivity contribution in [3.05, 3.63) is 41.2 Å². The molecule has 3 aromatic rings. The molecule has 1 unspecified atom stereocenters. The summed E-state index contributed by atoms with van der Waals surface area (Å²) in [6.07, 6.45) is 2.16. The van der Waals surface area contributed by atoms with Gasteiger partial charge in [-0.05, 0) is 44.0 Å². The molecule has 3 N–H and O–H groups in total. The van der Waals surface area contributed by atoms with Gasteiger partial charge in [0, 0.05) is 31.1 Å². The summed E-state index contributed by atoms with van der Waals surface area (Å²) in [4.78, 5) is 7.20. The Morgan fingerprint density at radius 1 is 1.17 bits per heavy atom. The molecule has 0 bridgehead atoms. The van der Waals surface area contributed by atoms with E-state index >= 15 is 0 Å². The van der Waals surface area contributed by atoms with Gasteiger partial charge in [0.25, 0.3) is 0 Å². The van der Waals surface area contributed by atoms with E-state index in [0.717, 1.165) is 55.1 Å². The number of hydrogen-bond acceptors (Lipinski definition) is 7. The monoisotopic (exact) mass is 397 g/mol. The molecule has 0 radical (unpaired) electrons. The van der Waals surface area contributed by atoms with Crippen molar-refractivity contribution in [3.8, 4) is 17.2 Å². The molecule has 0 spiro atoms. The lowest BCUT2D eigenvalue weighted by Gasteiger charge is -2.32. The molecular formula is C21H27N5O3. The van der Waals surface area contributed by atoms with Crippen molar-refractivity contribution in [1.29, 1.82) is 0 Å².